The molecule has 4 saturated carbocycles. The Morgan fingerprint density at radius 3 is 2.09 bits per heavy atom. The fraction of sp³-hybridized carbons (Fsp3) is 0.680. The van der Waals surface area contributed by atoms with Crippen LogP contribution in [-0.2, 0) is 19.2 Å². The summed E-state index contributed by atoms with van der Waals surface area (Å²) in [4.78, 5) is 52.3. The number of carbonyl (C=O) groups excluding carboxylic acids is 4. The van der Waals surface area contributed by atoms with E-state index in [1.54, 1.807) is 23.8 Å². The number of carbonyl (C=O) groups is 4. The Morgan fingerprint density at radius 2 is 1.41 bits per heavy atom. The minimum absolute atomic E-state index is 0.0344. The molecule has 8 aliphatic carbocycles. The van der Waals surface area contributed by atoms with Crippen molar-refractivity contribution in [2.75, 3.05) is 0 Å². The predicted octanol–water partition coefficient (Wildman–Crippen LogP) is 11.9. The Kier molecular flexibility index (Phi) is 10.7. The lowest BCUT2D eigenvalue weighted by atomic mass is 9.44. The van der Waals surface area contributed by atoms with Crippen molar-refractivity contribution in [2.24, 2.45) is 49.7 Å². The van der Waals surface area contributed by atoms with E-state index in [2.05, 4.69) is 45.5 Å². The molecule has 0 saturated heterocycles. The van der Waals surface area contributed by atoms with Crippen molar-refractivity contribution in [3.8, 4) is 6.07 Å². The van der Waals surface area contributed by atoms with Gasteiger partial charge in [0.15, 0.2) is 17.3 Å². The quantitative estimate of drug-likeness (QED) is 0.181. The maximum Gasteiger partial charge on any atom is 0.226 e. The molecule has 0 bridgehead atoms. The third-order valence-electron chi connectivity index (χ3n) is 16.9. The summed E-state index contributed by atoms with van der Waals surface area (Å²) in [6.07, 6.45) is 24.6. The van der Waals surface area contributed by atoms with Crippen LogP contribution in [-0.4, -0.2) is 23.1 Å². The molecule has 8 rings (SSSR count). The molecule has 6 nitrogen and oxygen atoms in total. The molecule has 0 N–H and O–H groups in total. The second-order valence-corrected chi connectivity index (χ2v) is 21.1. The molecule has 300 valence electrons. The van der Waals surface area contributed by atoms with Crippen LogP contribution in [0.3, 0.4) is 0 Å². The highest BCUT2D eigenvalue weighted by Crippen LogP contribution is 2.66. The first-order chi connectivity index (χ1) is 26.0. The average Bonchev–Trinajstić information content (AvgIpc) is 3.14. The summed E-state index contributed by atoms with van der Waals surface area (Å²) in [5.74, 6) is 1.09. The molecule has 0 radical (unpaired) electrons. The van der Waals surface area contributed by atoms with E-state index < -0.39 is 10.8 Å². The lowest BCUT2D eigenvalue weighted by molar-refractivity contribution is -0.141. The molecule has 2 unspecified atom stereocenters. The molecule has 8 aliphatic rings. The molecule has 0 spiro atoms. The first-order valence-corrected chi connectivity index (χ1v) is 21.6. The van der Waals surface area contributed by atoms with Crippen molar-refractivity contribution >= 4 is 23.1 Å². The van der Waals surface area contributed by atoms with E-state index in [0.717, 1.165) is 49.7 Å². The minimum atomic E-state index is -0.645. The Morgan fingerprint density at radius 1 is 0.732 bits per heavy atom. The second-order valence-electron chi connectivity index (χ2n) is 21.1. The van der Waals surface area contributed by atoms with Crippen LogP contribution in [0.1, 0.15) is 166 Å². The van der Waals surface area contributed by atoms with E-state index in [0.29, 0.717) is 28.3 Å². The molecule has 6 heteroatoms. The van der Waals surface area contributed by atoms with Gasteiger partial charge in [-0.25, -0.2) is 4.85 Å². The molecular weight excluding hydrogens is 693 g/mol. The number of hydrogen-bond donors (Lipinski definition) is 0. The van der Waals surface area contributed by atoms with Crippen molar-refractivity contribution in [2.45, 2.75) is 166 Å². The molecule has 0 amide bonds. The summed E-state index contributed by atoms with van der Waals surface area (Å²) >= 11 is 0. The van der Waals surface area contributed by atoms with Crippen molar-refractivity contribution < 1.29 is 19.2 Å². The summed E-state index contributed by atoms with van der Waals surface area (Å²) < 4.78 is 0. The predicted molar refractivity (Wildman–Crippen MR) is 222 cm³/mol. The van der Waals surface area contributed by atoms with E-state index in [1.807, 2.05) is 40.7 Å². The lowest BCUT2D eigenvalue weighted by Crippen LogP contribution is -2.54. The van der Waals surface area contributed by atoms with Gasteiger partial charge in [-0.05, 0) is 129 Å². The van der Waals surface area contributed by atoms with Gasteiger partial charge < -0.3 is 4.79 Å². The molecule has 7 atom stereocenters. The fourth-order valence-corrected chi connectivity index (χ4v) is 13.6. The maximum atomic E-state index is 12.7. The lowest BCUT2D eigenvalue weighted by Gasteiger charge is -2.60. The van der Waals surface area contributed by atoms with E-state index >= 15 is 0 Å². The largest absolute Gasteiger partial charge is 0.307 e. The van der Waals surface area contributed by atoms with Gasteiger partial charge in [0, 0.05) is 34.5 Å². The first kappa shape index (κ1) is 42.0. The first-order valence-electron chi connectivity index (χ1n) is 21.6. The Bertz CT molecular complexity index is 1990. The highest BCUT2D eigenvalue weighted by Gasteiger charge is 2.59. The number of nitriles is 1. The zero-order chi connectivity index (χ0) is 41.3. The number of nitrogens with zero attached hydrogens (tertiary/aromatic N) is 2. The third-order valence-corrected chi connectivity index (χ3v) is 16.9. The summed E-state index contributed by atoms with van der Waals surface area (Å²) in [6, 6.07) is 1.99. The van der Waals surface area contributed by atoms with E-state index in [-0.39, 0.29) is 45.0 Å². The second kappa shape index (κ2) is 14.3. The fourth-order valence-electron chi connectivity index (χ4n) is 13.6. The van der Waals surface area contributed by atoms with Gasteiger partial charge >= 0.3 is 0 Å². The Balaban J connectivity index is 0.000000149. The van der Waals surface area contributed by atoms with Gasteiger partial charge in [-0.1, -0.05) is 98.1 Å². The molecule has 0 aromatic rings. The van der Waals surface area contributed by atoms with Crippen LogP contribution < -0.4 is 0 Å². The van der Waals surface area contributed by atoms with Gasteiger partial charge in [-0.3, -0.25) is 14.4 Å². The van der Waals surface area contributed by atoms with Crippen molar-refractivity contribution in [3.63, 3.8) is 0 Å². The van der Waals surface area contributed by atoms with E-state index in [4.69, 9.17) is 6.57 Å². The molecule has 0 aromatic carbocycles. The summed E-state index contributed by atoms with van der Waals surface area (Å²) in [6.45, 7) is 29.0. The minimum Gasteiger partial charge on any atom is -0.307 e. The van der Waals surface area contributed by atoms with Crippen LogP contribution >= 0.6 is 0 Å². The van der Waals surface area contributed by atoms with Gasteiger partial charge in [0.1, 0.15) is 11.9 Å². The van der Waals surface area contributed by atoms with Crippen molar-refractivity contribution in [1.29, 1.82) is 5.26 Å². The molecule has 0 aliphatic heterocycles. The number of fused-ring (bicyclic) bond motifs is 7. The van der Waals surface area contributed by atoms with Crippen molar-refractivity contribution in [1.82, 2.24) is 0 Å². The van der Waals surface area contributed by atoms with Crippen molar-refractivity contribution in [3.05, 3.63) is 69.3 Å². The molecule has 56 heavy (non-hydrogen) atoms. The Hall–Kier alpha value is -3.64. The third kappa shape index (κ3) is 6.60. The summed E-state index contributed by atoms with van der Waals surface area (Å²) in [5, 5.41) is 9.20. The van der Waals surface area contributed by atoms with Gasteiger partial charge in [-0.2, -0.15) is 5.26 Å². The van der Waals surface area contributed by atoms with Crippen LogP contribution in [0.4, 0.5) is 0 Å². The molecular formula is C50H66N2O4. The van der Waals surface area contributed by atoms with Crippen LogP contribution in [0.5, 0.6) is 0 Å². The smallest absolute Gasteiger partial charge is 0.226 e. The zero-order valence-electron chi connectivity index (χ0n) is 36.1. The summed E-state index contributed by atoms with van der Waals surface area (Å²) in [7, 11) is 0. The van der Waals surface area contributed by atoms with Gasteiger partial charge in [-0.15, -0.1) is 0 Å². The van der Waals surface area contributed by atoms with E-state index in [1.165, 1.54) is 63.4 Å². The number of Topliss-reactive ketones (excluding diaryl/α,β-unsaturated/α-hetero) is 3. The summed E-state index contributed by atoms with van der Waals surface area (Å²) in [5.41, 5.74) is 4.97. The SMILES string of the molecule is CC1(C)C(=O)CC[C@@]2(C)C3=CCCC[C@@]3(C)CCC12.CC1=C2CCCC[C@@]2(C)CCC1=O.[C-]#[N+]C1=C[C@@]2(C)C3=CC(=O)C(C#N)=C[C@@]3(C)CCC2C(C)(C)C1=O. The van der Waals surface area contributed by atoms with Crippen LogP contribution in [0.2, 0.25) is 0 Å². The van der Waals surface area contributed by atoms with Gasteiger partial charge in [0.25, 0.3) is 0 Å². The van der Waals surface area contributed by atoms with Gasteiger partial charge in [0.05, 0.1) is 12.1 Å². The van der Waals surface area contributed by atoms with Crippen LogP contribution in [0, 0.1) is 67.6 Å². The van der Waals surface area contributed by atoms with Crippen LogP contribution in [0.25, 0.3) is 4.85 Å². The molecule has 0 heterocycles. The highest BCUT2D eigenvalue weighted by atomic mass is 16.1. The molecule has 4 fully saturated rings. The highest BCUT2D eigenvalue weighted by molar-refractivity contribution is 6.09. The monoisotopic (exact) mass is 759 g/mol. The number of rotatable bonds is 0. The standard InChI is InChI=1S/C20H20N2O2.C18H28O.C12H18O/c1-18(2)15-6-7-19(3)9-12(11-21)14(23)8-16(19)20(15,4)10-13(22-5)17(18)24;1-16(2)13-8-11-17(3)10-6-5-7-14(17)18(13,4)12-9-15(16)19;1-9-10-5-3-4-7-12(10,2)8-6-11(9)13/h8-10,15H,6-7H2,1-4H3;7,13H,5-6,8-12H2,1-4H3;3-8H2,1-2H3/t15?,19-,20-;13?,17-,18+;12-/m100/s1. The topological polar surface area (TPSA) is 96.4 Å². The Labute approximate surface area is 337 Å². The normalized spacial score (nSPS) is 39.3. The van der Waals surface area contributed by atoms with Gasteiger partial charge in [0.2, 0.25) is 5.70 Å². The zero-order valence-corrected chi connectivity index (χ0v) is 36.1. The average molecular weight is 759 g/mol. The number of ketones is 4. The van der Waals surface area contributed by atoms with Crippen LogP contribution in [0.15, 0.2) is 57.9 Å². The number of hydrogen-bond acceptors (Lipinski definition) is 5. The number of allylic oxidation sites excluding steroid dienone is 10. The molecule has 0 aromatic heterocycles. The van der Waals surface area contributed by atoms with E-state index in [9.17, 15) is 24.4 Å². The maximum absolute atomic E-state index is 12.7.